The Labute approximate surface area is 144 Å². The molecule has 0 saturated heterocycles. The average molecular weight is 374 g/mol. The highest BCUT2D eigenvalue weighted by Crippen LogP contribution is 2.28. The number of esters is 1. The van der Waals surface area contributed by atoms with Gasteiger partial charge in [-0.15, -0.1) is 0 Å². The molecule has 5 nitrogen and oxygen atoms in total. The van der Waals surface area contributed by atoms with E-state index in [2.05, 4.69) is 9.46 Å². The zero-order valence-electron chi connectivity index (χ0n) is 12.3. The Balaban J connectivity index is 2.45. The third-order valence-electron chi connectivity index (χ3n) is 3.07. The predicted molar refractivity (Wildman–Crippen MR) is 89.8 cm³/mol. The third kappa shape index (κ3) is 3.96. The normalized spacial score (nSPS) is 11.1. The summed E-state index contributed by atoms with van der Waals surface area (Å²) < 4.78 is 32.1. The summed E-state index contributed by atoms with van der Waals surface area (Å²) in [5, 5.41) is 0.560. The van der Waals surface area contributed by atoms with Crippen molar-refractivity contribution in [3.8, 4) is 0 Å². The molecule has 122 valence electrons. The fourth-order valence-corrected chi connectivity index (χ4v) is 3.77. The van der Waals surface area contributed by atoms with Crippen molar-refractivity contribution in [1.29, 1.82) is 0 Å². The minimum atomic E-state index is -3.93. The summed E-state index contributed by atoms with van der Waals surface area (Å²) in [6.45, 7) is 1.62. The maximum absolute atomic E-state index is 12.6. The van der Waals surface area contributed by atoms with Crippen LogP contribution in [0.3, 0.4) is 0 Å². The van der Waals surface area contributed by atoms with Crippen molar-refractivity contribution in [2.75, 3.05) is 11.8 Å². The van der Waals surface area contributed by atoms with Crippen molar-refractivity contribution in [3.05, 3.63) is 57.6 Å². The van der Waals surface area contributed by atoms with E-state index < -0.39 is 16.0 Å². The number of anilines is 1. The first-order valence-electron chi connectivity index (χ1n) is 6.41. The summed E-state index contributed by atoms with van der Waals surface area (Å²) in [5.41, 5.74) is 0.815. The number of nitrogens with one attached hydrogen (secondary N) is 1. The number of hydrogen-bond acceptors (Lipinski definition) is 4. The molecule has 0 unspecified atom stereocenters. The molecule has 0 radical (unpaired) electrons. The highest BCUT2D eigenvalue weighted by atomic mass is 35.5. The minimum Gasteiger partial charge on any atom is -0.465 e. The van der Waals surface area contributed by atoms with E-state index in [0.717, 1.165) is 0 Å². The number of hydrogen-bond donors (Lipinski definition) is 1. The summed E-state index contributed by atoms with van der Waals surface area (Å²) >= 11 is 11.8. The van der Waals surface area contributed by atoms with Crippen LogP contribution in [-0.4, -0.2) is 21.5 Å². The highest BCUT2D eigenvalue weighted by Gasteiger charge is 2.20. The first-order valence-corrected chi connectivity index (χ1v) is 8.65. The van der Waals surface area contributed by atoms with Crippen LogP contribution in [0.15, 0.2) is 41.3 Å². The molecule has 2 rings (SSSR count). The first kappa shape index (κ1) is 17.6. The summed E-state index contributed by atoms with van der Waals surface area (Å²) in [4.78, 5) is 11.5. The molecule has 0 aliphatic carbocycles. The first-order chi connectivity index (χ1) is 10.7. The fraction of sp³-hybridized carbons (Fsp3) is 0.133. The zero-order chi connectivity index (χ0) is 17.2. The molecule has 0 saturated carbocycles. The lowest BCUT2D eigenvalue weighted by Crippen LogP contribution is -2.15. The van der Waals surface area contributed by atoms with Crippen molar-refractivity contribution >= 4 is 44.9 Å². The van der Waals surface area contributed by atoms with E-state index in [1.165, 1.54) is 43.5 Å². The molecule has 0 aliphatic rings. The van der Waals surface area contributed by atoms with Gasteiger partial charge in [-0.3, -0.25) is 4.72 Å². The number of rotatable bonds is 4. The number of sulfonamides is 1. The standard InChI is InChI=1S/C15H13Cl2NO4S/c1-9-3-4-10(15(19)22-2)7-14(9)23(20,21)18-13-6-5-11(16)8-12(13)17/h3-8,18H,1-2H3. The Morgan fingerprint density at radius 2 is 1.83 bits per heavy atom. The molecular weight excluding hydrogens is 361 g/mol. The van der Waals surface area contributed by atoms with Gasteiger partial charge in [-0.25, -0.2) is 13.2 Å². The lowest BCUT2D eigenvalue weighted by Gasteiger charge is -2.12. The minimum absolute atomic E-state index is 0.0357. The number of benzene rings is 2. The molecule has 0 amide bonds. The molecule has 23 heavy (non-hydrogen) atoms. The van der Waals surface area contributed by atoms with Gasteiger partial charge in [0, 0.05) is 5.02 Å². The van der Waals surface area contributed by atoms with Crippen LogP contribution in [0.25, 0.3) is 0 Å². The second-order valence-corrected chi connectivity index (χ2v) is 7.20. The van der Waals surface area contributed by atoms with Crippen LogP contribution < -0.4 is 4.72 Å². The molecule has 0 heterocycles. The number of methoxy groups -OCH3 is 1. The number of carbonyl (C=O) groups is 1. The monoisotopic (exact) mass is 373 g/mol. The van der Waals surface area contributed by atoms with Crippen molar-refractivity contribution in [1.82, 2.24) is 0 Å². The Bertz CT molecular complexity index is 866. The summed E-state index contributed by atoms with van der Waals surface area (Å²) in [6, 6.07) is 8.69. The third-order valence-corrected chi connectivity index (χ3v) is 5.13. The van der Waals surface area contributed by atoms with Crippen LogP contribution in [0.5, 0.6) is 0 Å². The molecule has 0 spiro atoms. The van der Waals surface area contributed by atoms with E-state index in [0.29, 0.717) is 10.6 Å². The van der Waals surface area contributed by atoms with Gasteiger partial charge in [-0.1, -0.05) is 29.3 Å². The second-order valence-electron chi connectivity index (χ2n) is 4.70. The molecule has 0 aromatic heterocycles. The zero-order valence-corrected chi connectivity index (χ0v) is 14.6. The fourth-order valence-electron chi connectivity index (χ4n) is 1.91. The van der Waals surface area contributed by atoms with E-state index in [-0.39, 0.29) is 21.2 Å². The molecule has 0 aliphatic heterocycles. The topological polar surface area (TPSA) is 72.5 Å². The predicted octanol–water partition coefficient (Wildman–Crippen LogP) is 3.89. The van der Waals surface area contributed by atoms with Gasteiger partial charge in [0.2, 0.25) is 0 Å². The van der Waals surface area contributed by atoms with Gasteiger partial charge in [0.05, 0.1) is 28.3 Å². The maximum Gasteiger partial charge on any atom is 0.337 e. The van der Waals surface area contributed by atoms with Crippen LogP contribution in [0, 0.1) is 6.92 Å². The van der Waals surface area contributed by atoms with Gasteiger partial charge in [0.15, 0.2) is 0 Å². The van der Waals surface area contributed by atoms with Gasteiger partial charge in [-0.05, 0) is 42.8 Å². The smallest absolute Gasteiger partial charge is 0.337 e. The second kappa shape index (κ2) is 6.78. The Morgan fingerprint density at radius 3 is 2.43 bits per heavy atom. The molecule has 0 bridgehead atoms. The number of halogens is 2. The summed E-state index contributed by atoms with van der Waals surface area (Å²) in [6.07, 6.45) is 0. The van der Waals surface area contributed by atoms with Crippen LogP contribution in [0.1, 0.15) is 15.9 Å². The molecular formula is C15H13Cl2NO4S. The van der Waals surface area contributed by atoms with Gasteiger partial charge in [0.1, 0.15) is 0 Å². The lowest BCUT2D eigenvalue weighted by molar-refractivity contribution is 0.0600. The molecule has 2 aromatic carbocycles. The Hall–Kier alpha value is -1.76. The van der Waals surface area contributed by atoms with Crippen LogP contribution in [0.2, 0.25) is 10.0 Å². The van der Waals surface area contributed by atoms with Crippen LogP contribution in [0.4, 0.5) is 5.69 Å². The SMILES string of the molecule is COC(=O)c1ccc(C)c(S(=O)(=O)Nc2ccc(Cl)cc2Cl)c1. The highest BCUT2D eigenvalue weighted by molar-refractivity contribution is 7.92. The average Bonchev–Trinajstić information content (AvgIpc) is 2.49. The lowest BCUT2D eigenvalue weighted by atomic mass is 10.1. The molecule has 1 N–H and O–H groups in total. The van der Waals surface area contributed by atoms with Crippen molar-refractivity contribution < 1.29 is 17.9 Å². The van der Waals surface area contributed by atoms with Crippen molar-refractivity contribution in [2.45, 2.75) is 11.8 Å². The van der Waals surface area contributed by atoms with E-state index in [4.69, 9.17) is 23.2 Å². The number of aryl methyl sites for hydroxylation is 1. The summed E-state index contributed by atoms with van der Waals surface area (Å²) in [5.74, 6) is -0.619. The van der Waals surface area contributed by atoms with Gasteiger partial charge in [0.25, 0.3) is 10.0 Å². The van der Waals surface area contributed by atoms with Gasteiger partial charge < -0.3 is 4.74 Å². The van der Waals surface area contributed by atoms with Gasteiger partial charge >= 0.3 is 5.97 Å². The maximum atomic E-state index is 12.6. The molecule has 2 aromatic rings. The Kier molecular flexibility index (Phi) is 5.19. The quantitative estimate of drug-likeness (QED) is 0.825. The van der Waals surface area contributed by atoms with Crippen molar-refractivity contribution in [3.63, 3.8) is 0 Å². The van der Waals surface area contributed by atoms with E-state index in [9.17, 15) is 13.2 Å². The van der Waals surface area contributed by atoms with Crippen LogP contribution in [-0.2, 0) is 14.8 Å². The van der Waals surface area contributed by atoms with E-state index in [1.807, 2.05) is 0 Å². The molecule has 0 fully saturated rings. The number of ether oxygens (including phenoxy) is 1. The van der Waals surface area contributed by atoms with E-state index >= 15 is 0 Å². The van der Waals surface area contributed by atoms with E-state index in [1.54, 1.807) is 6.92 Å². The van der Waals surface area contributed by atoms with Gasteiger partial charge in [-0.2, -0.15) is 0 Å². The largest absolute Gasteiger partial charge is 0.465 e. The molecule has 8 heteroatoms. The summed E-state index contributed by atoms with van der Waals surface area (Å²) in [7, 11) is -2.70. The van der Waals surface area contributed by atoms with Crippen molar-refractivity contribution in [2.24, 2.45) is 0 Å². The number of carbonyl (C=O) groups excluding carboxylic acids is 1. The Morgan fingerprint density at radius 1 is 1.13 bits per heavy atom. The molecule has 0 atom stereocenters. The van der Waals surface area contributed by atoms with Crippen LogP contribution >= 0.6 is 23.2 Å².